The number of aromatic hydroxyl groups is 1. The first-order chi connectivity index (χ1) is 28.1. The number of likely N-dealkylation sites (N-methyl/N-ethyl adjacent to an activating group) is 1. The zero-order valence-corrected chi connectivity index (χ0v) is 34.2. The predicted molar refractivity (Wildman–Crippen MR) is 216 cm³/mol. The summed E-state index contributed by atoms with van der Waals surface area (Å²) >= 11 is 7.66. The van der Waals surface area contributed by atoms with Gasteiger partial charge in [-0.05, 0) is 56.5 Å². The number of ketones is 1. The number of H-pyrrole nitrogens is 1. The molecule has 1 aromatic heterocycles. The number of hydrogen-bond acceptors (Lipinski definition) is 13. The van der Waals surface area contributed by atoms with Crippen LogP contribution in [0.3, 0.4) is 0 Å². The maximum Gasteiger partial charge on any atom is 0.312 e. The Hall–Kier alpha value is -4.49. The molecule has 4 bridgehead atoms. The maximum absolute atomic E-state index is 14.9. The average Bonchev–Trinajstić information content (AvgIpc) is 3.85. The number of ether oxygens (including phenoxy) is 5. The Labute approximate surface area is 344 Å². The summed E-state index contributed by atoms with van der Waals surface area (Å²) in [4.78, 5) is 36.5. The van der Waals surface area contributed by atoms with E-state index in [1.807, 2.05) is 39.1 Å². The number of nitrogens with one attached hydrogen (secondary N) is 2. The van der Waals surface area contributed by atoms with Crippen molar-refractivity contribution < 1.29 is 38.4 Å². The first-order valence-corrected chi connectivity index (χ1v) is 21.3. The average molecular weight is 826 g/mol. The molecule has 3 aromatic carbocycles. The molecule has 1 unspecified atom stereocenters. The van der Waals surface area contributed by atoms with Gasteiger partial charge in [0.15, 0.2) is 28.8 Å². The Balaban J connectivity index is 1.26. The van der Waals surface area contributed by atoms with Crippen molar-refractivity contribution in [3.05, 3.63) is 75.0 Å². The van der Waals surface area contributed by atoms with Gasteiger partial charge in [0, 0.05) is 69.1 Å². The van der Waals surface area contributed by atoms with E-state index in [9.17, 15) is 20.0 Å². The number of aryl methyl sites for hydroxylation is 1. The highest BCUT2D eigenvalue weighted by Crippen LogP contribution is 2.64. The van der Waals surface area contributed by atoms with Crippen molar-refractivity contribution >= 4 is 46.0 Å². The van der Waals surface area contributed by atoms with E-state index in [1.54, 1.807) is 18.9 Å². The van der Waals surface area contributed by atoms with E-state index >= 15 is 0 Å². The molecule has 7 aliphatic rings. The van der Waals surface area contributed by atoms with Gasteiger partial charge >= 0.3 is 5.97 Å². The van der Waals surface area contributed by atoms with Crippen molar-refractivity contribution in [1.82, 2.24) is 20.1 Å². The van der Waals surface area contributed by atoms with Crippen LogP contribution in [0.2, 0.25) is 0 Å². The van der Waals surface area contributed by atoms with Crippen LogP contribution < -0.4 is 24.3 Å². The minimum atomic E-state index is -1.17. The number of esters is 1. The van der Waals surface area contributed by atoms with Crippen LogP contribution in [0, 0.1) is 25.2 Å². The molecule has 0 saturated carbocycles. The molecule has 3 N–H and O–H groups in total. The van der Waals surface area contributed by atoms with Gasteiger partial charge in [-0.25, -0.2) is 0 Å². The number of Topliss-reactive ketones (excluding diaryl/α,β-unsaturated/α-hetero) is 1. The van der Waals surface area contributed by atoms with Crippen LogP contribution in [0.4, 0.5) is 0 Å². The van der Waals surface area contributed by atoms with Crippen LogP contribution in [-0.4, -0.2) is 102 Å². The summed E-state index contributed by atoms with van der Waals surface area (Å²) in [7, 11) is 3.57. The molecule has 7 aliphatic heterocycles. The fourth-order valence-corrected chi connectivity index (χ4v) is 12.8. The minimum absolute atomic E-state index is 0.0151. The van der Waals surface area contributed by atoms with Gasteiger partial charge in [-0.2, -0.15) is 5.26 Å². The van der Waals surface area contributed by atoms with Gasteiger partial charge in [-0.3, -0.25) is 24.7 Å². The normalized spacial score (nSPS) is 28.6. The summed E-state index contributed by atoms with van der Waals surface area (Å²) in [6.07, 6.45) is 1.24. The summed E-state index contributed by atoms with van der Waals surface area (Å²) < 4.78 is 31.2. The van der Waals surface area contributed by atoms with E-state index in [-0.39, 0.29) is 55.6 Å². The molecule has 4 aromatic rings. The number of piperazine rings is 1. The molecule has 15 heteroatoms. The quantitative estimate of drug-likeness (QED) is 0.137. The number of benzene rings is 3. The number of nitriles is 1. The molecular weight excluding hydrogens is 782 g/mol. The van der Waals surface area contributed by atoms with Gasteiger partial charge in [0.05, 0.1) is 43.5 Å². The molecule has 8 heterocycles. The third kappa shape index (κ3) is 5.23. The van der Waals surface area contributed by atoms with Gasteiger partial charge in [-0.1, -0.05) is 24.3 Å². The highest BCUT2D eigenvalue weighted by Gasteiger charge is 2.61. The minimum Gasteiger partial charge on any atom is -0.504 e. The third-order valence-corrected chi connectivity index (χ3v) is 15.0. The Kier molecular flexibility index (Phi) is 9.16. The first kappa shape index (κ1) is 37.8. The van der Waals surface area contributed by atoms with Gasteiger partial charge in [0.2, 0.25) is 6.79 Å². The number of fused-ring (bicyclic) bond motifs is 12. The van der Waals surface area contributed by atoms with E-state index in [4.69, 9.17) is 35.3 Å². The van der Waals surface area contributed by atoms with Gasteiger partial charge in [-0.15, -0.1) is 23.4 Å². The van der Waals surface area contributed by atoms with E-state index in [2.05, 4.69) is 38.3 Å². The SMILES string of the molecule is COc1c(C)cc2c(c1O)[C@H]1C3[C@@H]4SC[C@]5(NCCc6c5[nH]c5ccccc65)C(=O)COC[C@H](c5c6c(c(C)c(OC(=O)CCCl)c54)OCO6)N3[C@@H](C#N)[C@H](C2)N1C. The molecular formula is C43H44ClN5O8S. The number of hydrogen-bond donors (Lipinski definition) is 3. The van der Waals surface area contributed by atoms with Gasteiger partial charge in [0.1, 0.15) is 23.9 Å². The third-order valence-electron chi connectivity index (χ3n) is 13.3. The van der Waals surface area contributed by atoms with E-state index in [1.165, 1.54) is 0 Å². The molecule has 13 nitrogen and oxygen atoms in total. The fraction of sp³-hybridized carbons (Fsp3) is 0.465. The Morgan fingerprint density at radius 1 is 1.17 bits per heavy atom. The summed E-state index contributed by atoms with van der Waals surface area (Å²) in [6.45, 7) is 4.14. The molecule has 0 radical (unpaired) electrons. The highest BCUT2D eigenvalue weighted by molar-refractivity contribution is 7.99. The van der Waals surface area contributed by atoms with Crippen LogP contribution in [-0.2, 0) is 32.7 Å². The lowest BCUT2D eigenvalue weighted by Crippen LogP contribution is -2.69. The monoisotopic (exact) mass is 825 g/mol. The number of thioether (sulfide) groups is 1. The number of phenolic OH excluding ortho intramolecular Hbond substituents is 1. The van der Waals surface area contributed by atoms with Gasteiger partial charge < -0.3 is 33.8 Å². The number of rotatable bonds is 4. The van der Waals surface area contributed by atoms with Crippen molar-refractivity contribution in [2.75, 3.05) is 52.3 Å². The zero-order chi connectivity index (χ0) is 40.2. The van der Waals surface area contributed by atoms with E-state index in [0.717, 1.165) is 50.8 Å². The van der Waals surface area contributed by atoms with Gasteiger partial charge in [0.25, 0.3) is 0 Å². The second-order valence-corrected chi connectivity index (χ2v) is 17.6. The van der Waals surface area contributed by atoms with Crippen LogP contribution in [0.15, 0.2) is 30.3 Å². The number of carbonyl (C=O) groups is 2. The van der Waals surface area contributed by atoms with Crippen molar-refractivity contribution in [2.45, 2.75) is 74.1 Å². The topological polar surface area (TPSA) is 159 Å². The molecule has 302 valence electrons. The van der Waals surface area contributed by atoms with Crippen molar-refractivity contribution in [3.8, 4) is 34.8 Å². The number of alkyl halides is 1. The first-order valence-electron chi connectivity index (χ1n) is 19.7. The number of carbonyl (C=O) groups excluding carboxylic acids is 2. The number of aromatic nitrogens is 1. The molecule has 2 fully saturated rings. The number of phenols is 1. The molecule has 0 aliphatic carbocycles. The predicted octanol–water partition coefficient (Wildman–Crippen LogP) is 5.41. The smallest absolute Gasteiger partial charge is 0.312 e. The fourth-order valence-electron chi connectivity index (χ4n) is 10.9. The summed E-state index contributed by atoms with van der Waals surface area (Å²) in [5.74, 6) is 1.52. The van der Waals surface area contributed by atoms with E-state index in [0.29, 0.717) is 47.1 Å². The number of halogens is 1. The lowest BCUT2D eigenvalue weighted by Gasteiger charge is -2.61. The standard InChI is InChI=1S/C43H44ClN5O8S/c1-20-13-22-14-26-27(15-45)49-28-16-54-17-29(50)43(42-24(10-12-46-43)23-7-5-6-8-25(23)47-42)18-58-41(35(49)34(48(26)3)31(22)36(52)37(20)53-4)33-32(28)40-39(55-19-56-40)21(2)38(33)57-30(51)9-11-44/h5-8,13,26-28,34-35,41,46-47,52H,9-12,14,16-19H2,1-4H3/t26-,27-,28+,34-,35?,41+,43-/m0/s1. The number of aromatic amines is 1. The van der Waals surface area contributed by atoms with Crippen LogP contribution in [0.25, 0.3) is 10.9 Å². The van der Waals surface area contributed by atoms with E-state index < -0.39 is 40.9 Å². The number of nitrogens with zero attached hydrogens (tertiary/aromatic N) is 3. The highest BCUT2D eigenvalue weighted by atomic mass is 35.5. The Morgan fingerprint density at radius 3 is 2.78 bits per heavy atom. The lowest BCUT2D eigenvalue weighted by molar-refractivity contribution is -0.134. The number of methoxy groups -OCH3 is 1. The number of para-hydroxylation sites is 1. The molecule has 7 atom stereocenters. The summed E-state index contributed by atoms with van der Waals surface area (Å²) in [6, 6.07) is 10.4. The summed E-state index contributed by atoms with van der Waals surface area (Å²) in [5.41, 5.74) is 6.21. The van der Waals surface area contributed by atoms with Crippen LogP contribution in [0.5, 0.6) is 28.7 Å². The van der Waals surface area contributed by atoms with Crippen molar-refractivity contribution in [1.29, 1.82) is 5.26 Å². The summed E-state index contributed by atoms with van der Waals surface area (Å²) in [5, 5.41) is 27.6. The Bertz CT molecular complexity index is 2450. The molecule has 11 rings (SSSR count). The maximum atomic E-state index is 14.9. The van der Waals surface area contributed by atoms with Crippen LogP contribution in [0.1, 0.15) is 68.4 Å². The molecule has 0 amide bonds. The molecule has 1 spiro atoms. The van der Waals surface area contributed by atoms with Crippen LogP contribution >= 0.6 is 23.4 Å². The zero-order valence-electron chi connectivity index (χ0n) is 32.6. The molecule has 58 heavy (non-hydrogen) atoms. The van der Waals surface area contributed by atoms with Crippen molar-refractivity contribution in [2.24, 2.45) is 0 Å². The lowest BCUT2D eigenvalue weighted by atomic mass is 9.71. The Morgan fingerprint density at radius 2 is 1.98 bits per heavy atom. The second-order valence-electron chi connectivity index (χ2n) is 16.1. The van der Waals surface area contributed by atoms with Crippen molar-refractivity contribution in [3.63, 3.8) is 0 Å². The largest absolute Gasteiger partial charge is 0.504 e. The molecule has 2 saturated heterocycles. The second kappa shape index (κ2) is 14.1.